The molecule has 3 N–H and O–H groups in total. The summed E-state index contributed by atoms with van der Waals surface area (Å²) in [5.41, 5.74) is -1.55. The number of hydrogen-bond acceptors (Lipinski definition) is 12. The minimum absolute atomic E-state index is 0.126. The van der Waals surface area contributed by atoms with Crippen molar-refractivity contribution >= 4 is 23.6 Å². The number of benzene rings is 1. The summed E-state index contributed by atoms with van der Waals surface area (Å²) in [5.74, 6) is -4.97. The quantitative estimate of drug-likeness (QED) is 0.182. The smallest absolute Gasteiger partial charge is 0.408 e. The zero-order chi connectivity index (χ0) is 38.5. The molecule has 0 bridgehead atoms. The molecule has 292 valence electrons. The molecule has 1 amide bonds. The minimum atomic E-state index is -1.36. The number of carbonyl (C=O) groups excluding carboxylic acids is 4. The number of alkyl carbamates (subject to hydrolysis) is 1. The fourth-order valence-corrected chi connectivity index (χ4v) is 8.31. The SMILES string of the molecule is CC[C@H]1OC(=O)[C@H](C)C(=O)[C@H](C)[C@@H](O[C@@H]2O[C@H](C)C[C@H](N(C)C)[C@H]2O)[C@](C)(OCCNCc2ccccc2)C[C@@H](C)C(=O)[C@H](C)[C@H]2NC(=O)O[C@@]21C. The van der Waals surface area contributed by atoms with Crippen LogP contribution in [0.5, 0.6) is 0 Å². The molecule has 3 aliphatic heterocycles. The lowest BCUT2D eigenvalue weighted by Gasteiger charge is -2.47. The van der Waals surface area contributed by atoms with Crippen molar-refractivity contribution in [3.63, 3.8) is 0 Å². The number of rotatable bonds is 10. The Morgan fingerprint density at radius 2 is 1.67 bits per heavy atom. The lowest BCUT2D eigenvalue weighted by Crippen LogP contribution is -2.60. The Morgan fingerprint density at radius 3 is 2.31 bits per heavy atom. The van der Waals surface area contributed by atoms with Gasteiger partial charge in [0.1, 0.15) is 23.9 Å². The van der Waals surface area contributed by atoms with E-state index in [1.807, 2.05) is 63.2 Å². The van der Waals surface area contributed by atoms with Crippen LogP contribution in [0.3, 0.4) is 0 Å². The molecule has 3 aliphatic rings. The normalized spacial score (nSPS) is 39.3. The summed E-state index contributed by atoms with van der Waals surface area (Å²) < 4.78 is 31.3. The maximum Gasteiger partial charge on any atom is 0.408 e. The van der Waals surface area contributed by atoms with E-state index in [-0.39, 0.29) is 37.4 Å². The Labute approximate surface area is 308 Å². The van der Waals surface area contributed by atoms with Gasteiger partial charge >= 0.3 is 12.1 Å². The Kier molecular flexibility index (Phi) is 14.0. The number of aliphatic hydroxyl groups is 1. The molecule has 0 unspecified atom stereocenters. The number of fused-ring (bicyclic) bond motifs is 1. The fraction of sp³-hybridized carbons (Fsp3) is 0.744. The number of ether oxygens (including phenoxy) is 5. The molecule has 1 aromatic carbocycles. The van der Waals surface area contributed by atoms with Crippen LogP contribution in [0.15, 0.2) is 30.3 Å². The van der Waals surface area contributed by atoms with E-state index >= 15 is 0 Å². The molecule has 3 fully saturated rings. The number of cyclic esters (lactones) is 1. The van der Waals surface area contributed by atoms with Gasteiger partial charge in [-0.2, -0.15) is 0 Å². The summed E-state index contributed by atoms with van der Waals surface area (Å²) >= 11 is 0. The lowest BCUT2D eigenvalue weighted by molar-refractivity contribution is -0.297. The summed E-state index contributed by atoms with van der Waals surface area (Å²) in [5, 5.41) is 17.7. The van der Waals surface area contributed by atoms with Crippen molar-refractivity contribution in [3.05, 3.63) is 35.9 Å². The van der Waals surface area contributed by atoms with Gasteiger partial charge in [0.25, 0.3) is 0 Å². The monoisotopic (exact) mass is 731 g/mol. The second-order valence-electron chi connectivity index (χ2n) is 15.7. The number of ketones is 2. The third kappa shape index (κ3) is 9.22. The van der Waals surface area contributed by atoms with Gasteiger partial charge in [0.15, 0.2) is 17.7 Å². The summed E-state index contributed by atoms with van der Waals surface area (Å²) in [6.45, 7) is 15.1. The highest BCUT2D eigenvalue weighted by molar-refractivity contribution is 6.00. The summed E-state index contributed by atoms with van der Waals surface area (Å²) in [7, 11) is 3.75. The molecule has 0 radical (unpaired) electrons. The van der Waals surface area contributed by atoms with Crippen LogP contribution in [0.2, 0.25) is 0 Å². The molecule has 1 aromatic rings. The summed E-state index contributed by atoms with van der Waals surface area (Å²) in [4.78, 5) is 57.0. The molecule has 0 aromatic heterocycles. The molecule has 13 nitrogen and oxygen atoms in total. The molecule has 0 spiro atoms. The first-order valence-corrected chi connectivity index (χ1v) is 18.7. The predicted molar refractivity (Wildman–Crippen MR) is 193 cm³/mol. The molecule has 0 aliphatic carbocycles. The Bertz CT molecular complexity index is 1400. The maximum atomic E-state index is 14.3. The second-order valence-corrected chi connectivity index (χ2v) is 15.7. The first kappa shape index (κ1) is 41.8. The van der Waals surface area contributed by atoms with Crippen LogP contribution in [0, 0.1) is 23.7 Å². The topological polar surface area (TPSA) is 162 Å². The average Bonchev–Trinajstić information content (AvgIpc) is 3.42. The van der Waals surface area contributed by atoms with E-state index in [1.165, 1.54) is 6.92 Å². The number of aliphatic hydroxyl groups excluding tert-OH is 1. The number of hydrogen-bond donors (Lipinski definition) is 3. The Morgan fingerprint density at radius 1 is 1.00 bits per heavy atom. The van der Waals surface area contributed by atoms with Gasteiger partial charge in [-0.05, 0) is 66.6 Å². The van der Waals surface area contributed by atoms with Crippen LogP contribution in [0.1, 0.15) is 80.2 Å². The van der Waals surface area contributed by atoms with Crippen molar-refractivity contribution in [1.82, 2.24) is 15.5 Å². The van der Waals surface area contributed by atoms with E-state index < -0.39 is 83.4 Å². The van der Waals surface area contributed by atoms with Gasteiger partial charge < -0.3 is 44.3 Å². The molecular weight excluding hydrogens is 670 g/mol. The predicted octanol–water partition coefficient (Wildman–Crippen LogP) is 3.64. The third-order valence-electron chi connectivity index (χ3n) is 11.3. The van der Waals surface area contributed by atoms with Crippen LogP contribution in [-0.4, -0.2) is 115 Å². The maximum absolute atomic E-state index is 14.3. The van der Waals surface area contributed by atoms with Crippen LogP contribution < -0.4 is 10.6 Å². The number of carbonyl (C=O) groups is 4. The minimum Gasteiger partial charge on any atom is -0.458 e. The van der Waals surface area contributed by atoms with Gasteiger partial charge in [-0.15, -0.1) is 0 Å². The standard InChI is InChI=1S/C39H61N3O10/c1-11-29-39(8)33(41-37(47)52-39)24(4)30(43)22(2)20-38(7,48-18-17-40-21-27-15-13-12-14-16-27)34(25(5)31(44)26(6)35(46)50-29)51-36-32(45)28(42(9)10)19-23(3)49-36/h12-16,22-26,28-29,32-34,36,40,45H,11,17-21H2,1-10H3,(H,41,47)/t22-,23-,24+,25+,26-,28+,29-,32-,33-,34-,36+,38-,39-/m1/s1. The number of Topliss-reactive ketones (excluding diaryl/α,β-unsaturated/α-hetero) is 2. The van der Waals surface area contributed by atoms with E-state index in [0.29, 0.717) is 19.5 Å². The van der Waals surface area contributed by atoms with Crippen molar-refractivity contribution in [2.45, 2.75) is 135 Å². The molecule has 13 heteroatoms. The van der Waals surface area contributed by atoms with E-state index in [9.17, 15) is 24.3 Å². The summed E-state index contributed by atoms with van der Waals surface area (Å²) in [6.07, 6.45) is -4.18. The lowest BCUT2D eigenvalue weighted by atomic mass is 9.73. The average molecular weight is 732 g/mol. The molecule has 0 saturated carbocycles. The van der Waals surface area contributed by atoms with Crippen LogP contribution in [-0.2, 0) is 44.6 Å². The highest BCUT2D eigenvalue weighted by Crippen LogP contribution is 2.40. The van der Waals surface area contributed by atoms with Crippen molar-refractivity contribution in [2.24, 2.45) is 23.7 Å². The van der Waals surface area contributed by atoms with Crippen molar-refractivity contribution in [2.75, 3.05) is 27.2 Å². The fourth-order valence-electron chi connectivity index (χ4n) is 8.31. The zero-order valence-electron chi connectivity index (χ0n) is 32.5. The molecule has 3 heterocycles. The van der Waals surface area contributed by atoms with Gasteiger partial charge in [-0.3, -0.25) is 14.4 Å². The highest BCUT2D eigenvalue weighted by atomic mass is 16.7. The number of likely N-dealkylation sites (N-methyl/N-ethyl adjacent to an activating group) is 1. The first-order chi connectivity index (χ1) is 24.4. The number of esters is 1. The van der Waals surface area contributed by atoms with Gasteiger partial charge in [0, 0.05) is 36.9 Å². The number of nitrogens with one attached hydrogen (secondary N) is 2. The van der Waals surface area contributed by atoms with E-state index in [0.717, 1.165) is 5.56 Å². The van der Waals surface area contributed by atoms with E-state index in [4.69, 9.17) is 23.7 Å². The first-order valence-electron chi connectivity index (χ1n) is 18.7. The Balaban J connectivity index is 1.74. The zero-order valence-corrected chi connectivity index (χ0v) is 32.5. The summed E-state index contributed by atoms with van der Waals surface area (Å²) in [6, 6.07) is 8.85. The van der Waals surface area contributed by atoms with E-state index in [2.05, 4.69) is 10.6 Å². The van der Waals surface area contributed by atoms with Gasteiger partial charge in [0.2, 0.25) is 0 Å². The van der Waals surface area contributed by atoms with Crippen LogP contribution in [0.25, 0.3) is 0 Å². The molecule has 13 atom stereocenters. The van der Waals surface area contributed by atoms with Crippen molar-refractivity contribution in [3.8, 4) is 0 Å². The second kappa shape index (κ2) is 17.5. The highest BCUT2D eigenvalue weighted by Gasteiger charge is 2.57. The van der Waals surface area contributed by atoms with Crippen molar-refractivity contribution in [1.29, 1.82) is 0 Å². The number of nitrogens with zero attached hydrogens (tertiary/aromatic N) is 1. The van der Waals surface area contributed by atoms with Crippen LogP contribution in [0.4, 0.5) is 4.79 Å². The number of amides is 1. The molecule has 52 heavy (non-hydrogen) atoms. The molecule has 4 rings (SSSR count). The Hall–Kier alpha value is -2.94. The van der Waals surface area contributed by atoms with Gasteiger partial charge in [0.05, 0.1) is 30.5 Å². The van der Waals surface area contributed by atoms with Gasteiger partial charge in [-0.25, -0.2) is 4.79 Å². The van der Waals surface area contributed by atoms with E-state index in [1.54, 1.807) is 34.6 Å². The van der Waals surface area contributed by atoms with Crippen molar-refractivity contribution < 1.29 is 48.0 Å². The molecular formula is C39H61N3O10. The largest absolute Gasteiger partial charge is 0.458 e. The van der Waals surface area contributed by atoms with Crippen LogP contribution >= 0.6 is 0 Å². The third-order valence-corrected chi connectivity index (χ3v) is 11.3. The van der Waals surface area contributed by atoms with Gasteiger partial charge in [-0.1, -0.05) is 58.0 Å². The molecule has 3 saturated heterocycles.